The van der Waals surface area contributed by atoms with E-state index in [1.807, 2.05) is 32.0 Å². The predicted molar refractivity (Wildman–Crippen MR) is 84.6 cm³/mol. The Hall–Kier alpha value is -2.08. The van der Waals surface area contributed by atoms with E-state index in [0.29, 0.717) is 32.0 Å². The number of rotatable bonds is 4. The van der Waals surface area contributed by atoms with E-state index in [1.54, 1.807) is 17.0 Å². The van der Waals surface area contributed by atoms with Crippen LogP contribution in [0.15, 0.2) is 30.3 Å². The second-order valence-corrected chi connectivity index (χ2v) is 5.62. The third kappa shape index (κ3) is 4.46. The van der Waals surface area contributed by atoms with Crippen molar-refractivity contribution in [3.8, 4) is 0 Å². The van der Waals surface area contributed by atoms with E-state index in [2.05, 4.69) is 10.6 Å². The number of hydrogen-bond donors (Lipinski definition) is 2. The molecule has 1 unspecified atom stereocenters. The van der Waals surface area contributed by atoms with Crippen LogP contribution in [0.25, 0.3) is 0 Å². The molecule has 1 aromatic carbocycles. The molecule has 0 aromatic heterocycles. The van der Waals surface area contributed by atoms with Gasteiger partial charge in [-0.1, -0.05) is 32.0 Å². The van der Waals surface area contributed by atoms with E-state index in [0.717, 1.165) is 0 Å². The van der Waals surface area contributed by atoms with Crippen LogP contribution in [-0.4, -0.2) is 49.2 Å². The second kappa shape index (κ2) is 7.79. The monoisotopic (exact) mass is 305 g/mol. The van der Waals surface area contributed by atoms with Crippen LogP contribution in [0.5, 0.6) is 0 Å². The number of carbonyl (C=O) groups excluding carboxylic acids is 2. The third-order valence-corrected chi connectivity index (χ3v) is 3.57. The fraction of sp³-hybridized carbons (Fsp3) is 0.500. The zero-order chi connectivity index (χ0) is 15.9. The lowest BCUT2D eigenvalue weighted by Crippen LogP contribution is -2.54. The normalized spacial score (nSPS) is 16.2. The molecule has 22 heavy (non-hydrogen) atoms. The first-order valence-electron chi connectivity index (χ1n) is 7.57. The molecule has 0 spiro atoms. The van der Waals surface area contributed by atoms with Crippen LogP contribution in [0.1, 0.15) is 13.8 Å². The molecule has 1 atom stereocenters. The van der Waals surface area contributed by atoms with Gasteiger partial charge in [0.2, 0.25) is 5.91 Å². The minimum absolute atomic E-state index is 0.0110. The average molecular weight is 305 g/mol. The Kier molecular flexibility index (Phi) is 5.77. The summed E-state index contributed by atoms with van der Waals surface area (Å²) in [6.07, 6.45) is 0. The zero-order valence-electron chi connectivity index (χ0n) is 13.0. The molecule has 120 valence electrons. The van der Waals surface area contributed by atoms with Gasteiger partial charge in [0.15, 0.2) is 0 Å². The van der Waals surface area contributed by atoms with E-state index >= 15 is 0 Å². The number of hydrogen-bond acceptors (Lipinski definition) is 3. The van der Waals surface area contributed by atoms with E-state index in [9.17, 15) is 9.59 Å². The highest BCUT2D eigenvalue weighted by Crippen LogP contribution is 2.10. The number of carbonyl (C=O) groups is 2. The van der Waals surface area contributed by atoms with Gasteiger partial charge in [-0.05, 0) is 18.1 Å². The topological polar surface area (TPSA) is 70.7 Å². The molecular weight excluding hydrogens is 282 g/mol. The molecular formula is C16H23N3O3. The molecule has 1 heterocycles. The molecule has 0 radical (unpaired) electrons. The van der Waals surface area contributed by atoms with Gasteiger partial charge < -0.3 is 20.3 Å². The number of anilines is 1. The predicted octanol–water partition coefficient (Wildman–Crippen LogP) is 1.69. The van der Waals surface area contributed by atoms with Gasteiger partial charge in [-0.2, -0.15) is 0 Å². The SMILES string of the molecule is CC(C)C(NC(=O)Nc1ccccc1)C(=O)N1CCOCC1. The first kappa shape index (κ1) is 16.3. The van der Waals surface area contributed by atoms with Crippen LogP contribution in [0.2, 0.25) is 0 Å². The van der Waals surface area contributed by atoms with Crippen LogP contribution in [0.3, 0.4) is 0 Å². The number of morpholine rings is 1. The van der Waals surface area contributed by atoms with Gasteiger partial charge in [-0.15, -0.1) is 0 Å². The highest BCUT2D eigenvalue weighted by molar-refractivity contribution is 5.93. The minimum Gasteiger partial charge on any atom is -0.378 e. The lowest BCUT2D eigenvalue weighted by atomic mass is 10.0. The average Bonchev–Trinajstić information content (AvgIpc) is 2.53. The molecule has 1 aliphatic rings. The van der Waals surface area contributed by atoms with Gasteiger partial charge in [0.25, 0.3) is 0 Å². The minimum atomic E-state index is -0.540. The maximum Gasteiger partial charge on any atom is 0.319 e. The van der Waals surface area contributed by atoms with Crippen LogP contribution >= 0.6 is 0 Å². The summed E-state index contributed by atoms with van der Waals surface area (Å²) in [6.45, 7) is 6.09. The lowest BCUT2D eigenvalue weighted by molar-refractivity contribution is -0.138. The number of nitrogens with zero attached hydrogens (tertiary/aromatic N) is 1. The van der Waals surface area contributed by atoms with E-state index in [-0.39, 0.29) is 17.9 Å². The summed E-state index contributed by atoms with van der Waals surface area (Å²) < 4.78 is 5.26. The summed E-state index contributed by atoms with van der Waals surface area (Å²) in [5.74, 6) is -0.0432. The van der Waals surface area contributed by atoms with Crippen molar-refractivity contribution in [2.45, 2.75) is 19.9 Å². The van der Waals surface area contributed by atoms with Crippen LogP contribution < -0.4 is 10.6 Å². The van der Waals surface area contributed by atoms with Gasteiger partial charge >= 0.3 is 6.03 Å². The first-order chi connectivity index (χ1) is 10.6. The highest BCUT2D eigenvalue weighted by atomic mass is 16.5. The molecule has 1 fully saturated rings. The highest BCUT2D eigenvalue weighted by Gasteiger charge is 2.29. The molecule has 1 aromatic rings. The van der Waals surface area contributed by atoms with Gasteiger partial charge in [0.05, 0.1) is 13.2 Å². The lowest BCUT2D eigenvalue weighted by Gasteiger charge is -2.32. The number of ether oxygens (including phenoxy) is 1. The Bertz CT molecular complexity index is 499. The van der Waals surface area contributed by atoms with Crippen molar-refractivity contribution in [1.29, 1.82) is 0 Å². The standard InChI is InChI=1S/C16H23N3O3/c1-12(2)14(15(20)19-8-10-22-11-9-19)18-16(21)17-13-6-4-3-5-7-13/h3-7,12,14H,8-11H2,1-2H3,(H2,17,18,21). The molecule has 1 saturated heterocycles. The Morgan fingerprint density at radius 2 is 1.77 bits per heavy atom. The van der Waals surface area contributed by atoms with Crippen molar-refractivity contribution in [3.63, 3.8) is 0 Å². The van der Waals surface area contributed by atoms with Crippen molar-refractivity contribution in [1.82, 2.24) is 10.2 Å². The number of amides is 3. The Balaban J connectivity index is 1.95. The quantitative estimate of drug-likeness (QED) is 0.889. The summed E-state index contributed by atoms with van der Waals surface area (Å²) in [5, 5.41) is 5.52. The molecule has 0 saturated carbocycles. The Morgan fingerprint density at radius 1 is 1.14 bits per heavy atom. The summed E-state index contributed by atoms with van der Waals surface area (Å²) in [6, 6.07) is 8.25. The molecule has 6 heteroatoms. The smallest absolute Gasteiger partial charge is 0.319 e. The van der Waals surface area contributed by atoms with Crippen LogP contribution in [0, 0.1) is 5.92 Å². The molecule has 1 aliphatic heterocycles. The van der Waals surface area contributed by atoms with Gasteiger partial charge in [-0.3, -0.25) is 4.79 Å². The van der Waals surface area contributed by atoms with E-state index in [4.69, 9.17) is 4.74 Å². The molecule has 0 bridgehead atoms. The molecule has 3 amide bonds. The fourth-order valence-corrected chi connectivity index (χ4v) is 2.32. The first-order valence-corrected chi connectivity index (χ1v) is 7.57. The largest absolute Gasteiger partial charge is 0.378 e. The molecule has 2 rings (SSSR count). The summed E-state index contributed by atoms with van der Waals surface area (Å²) in [5.41, 5.74) is 0.696. The van der Waals surface area contributed by atoms with E-state index < -0.39 is 6.04 Å². The fourth-order valence-electron chi connectivity index (χ4n) is 2.32. The second-order valence-electron chi connectivity index (χ2n) is 5.62. The van der Waals surface area contributed by atoms with Crippen molar-refractivity contribution >= 4 is 17.6 Å². The Morgan fingerprint density at radius 3 is 2.36 bits per heavy atom. The van der Waals surface area contributed by atoms with Gasteiger partial charge in [-0.25, -0.2) is 4.79 Å². The van der Waals surface area contributed by atoms with Crippen molar-refractivity contribution in [3.05, 3.63) is 30.3 Å². The maximum atomic E-state index is 12.6. The molecule has 2 N–H and O–H groups in total. The Labute approximate surface area is 130 Å². The van der Waals surface area contributed by atoms with Crippen molar-refractivity contribution in [2.24, 2.45) is 5.92 Å². The number of benzene rings is 1. The van der Waals surface area contributed by atoms with Crippen LogP contribution in [-0.2, 0) is 9.53 Å². The molecule has 0 aliphatic carbocycles. The molecule has 6 nitrogen and oxygen atoms in total. The van der Waals surface area contributed by atoms with Crippen molar-refractivity contribution in [2.75, 3.05) is 31.6 Å². The summed E-state index contributed by atoms with van der Waals surface area (Å²) in [7, 11) is 0. The summed E-state index contributed by atoms with van der Waals surface area (Å²) >= 11 is 0. The van der Waals surface area contributed by atoms with E-state index in [1.165, 1.54) is 0 Å². The maximum absolute atomic E-state index is 12.6. The van der Waals surface area contributed by atoms with Crippen molar-refractivity contribution < 1.29 is 14.3 Å². The number of para-hydroxylation sites is 1. The number of urea groups is 1. The van der Waals surface area contributed by atoms with Crippen LogP contribution in [0.4, 0.5) is 10.5 Å². The van der Waals surface area contributed by atoms with Gasteiger partial charge in [0, 0.05) is 18.8 Å². The van der Waals surface area contributed by atoms with Gasteiger partial charge in [0.1, 0.15) is 6.04 Å². The summed E-state index contributed by atoms with van der Waals surface area (Å²) in [4.78, 5) is 26.4. The number of nitrogens with one attached hydrogen (secondary N) is 2. The third-order valence-electron chi connectivity index (χ3n) is 3.57. The zero-order valence-corrected chi connectivity index (χ0v) is 13.0.